The Hall–Kier alpha value is -2.32. The Kier molecular flexibility index (Phi) is 7.52. The van der Waals surface area contributed by atoms with Crippen LogP contribution in [0.4, 0.5) is 0 Å². The van der Waals surface area contributed by atoms with Crippen molar-refractivity contribution >= 4 is 23.2 Å². The summed E-state index contributed by atoms with van der Waals surface area (Å²) in [6, 6.07) is 4.07. The Bertz CT molecular complexity index is 932. The van der Waals surface area contributed by atoms with E-state index < -0.39 is 0 Å². The molecule has 0 bridgehead atoms. The van der Waals surface area contributed by atoms with E-state index in [9.17, 15) is 9.59 Å². The first-order chi connectivity index (χ1) is 15.5. The second-order valence-corrected chi connectivity index (χ2v) is 10.1. The first-order valence-electron chi connectivity index (χ1n) is 11.7. The summed E-state index contributed by atoms with van der Waals surface area (Å²) in [7, 11) is 0. The van der Waals surface area contributed by atoms with Crippen LogP contribution in [0.1, 0.15) is 58.0 Å². The van der Waals surface area contributed by atoms with Crippen LogP contribution >= 0.6 is 11.3 Å². The van der Waals surface area contributed by atoms with Gasteiger partial charge in [-0.25, -0.2) is 4.98 Å². The van der Waals surface area contributed by atoms with Gasteiger partial charge in [-0.2, -0.15) is 0 Å². The lowest BCUT2D eigenvalue weighted by atomic mass is 9.88. The molecule has 0 spiro atoms. The minimum Gasteiger partial charge on any atom is -0.356 e. The molecule has 4 heterocycles. The number of piperidine rings is 1. The van der Waals surface area contributed by atoms with Crippen molar-refractivity contribution in [2.45, 2.75) is 58.5 Å². The number of likely N-dealkylation sites (tertiary alicyclic amines) is 1. The number of hydrogen-bond donors (Lipinski definition) is 1. The molecule has 2 aliphatic heterocycles. The molecule has 0 radical (unpaired) electrons. The molecule has 2 saturated heterocycles. The Morgan fingerprint density at radius 3 is 2.69 bits per heavy atom. The maximum absolute atomic E-state index is 13.4. The third-order valence-electron chi connectivity index (χ3n) is 6.58. The van der Waals surface area contributed by atoms with E-state index in [0.717, 1.165) is 60.9 Å². The minimum atomic E-state index is -0.108. The quantitative estimate of drug-likeness (QED) is 0.769. The molecular formula is C24H33N5O2S. The van der Waals surface area contributed by atoms with Crippen LogP contribution in [0.3, 0.4) is 0 Å². The Labute approximate surface area is 194 Å². The van der Waals surface area contributed by atoms with Gasteiger partial charge in [-0.3, -0.25) is 19.5 Å². The van der Waals surface area contributed by atoms with Gasteiger partial charge in [-0.05, 0) is 57.4 Å². The largest absolute Gasteiger partial charge is 0.356 e. The summed E-state index contributed by atoms with van der Waals surface area (Å²) in [5.74, 6) is 0.0713. The molecule has 0 saturated carbocycles. The van der Waals surface area contributed by atoms with Crippen LogP contribution in [0.2, 0.25) is 0 Å². The van der Waals surface area contributed by atoms with Gasteiger partial charge in [0.25, 0.3) is 5.91 Å². The zero-order valence-electron chi connectivity index (χ0n) is 19.0. The van der Waals surface area contributed by atoms with E-state index in [-0.39, 0.29) is 23.8 Å². The molecule has 7 nitrogen and oxygen atoms in total. The van der Waals surface area contributed by atoms with Crippen LogP contribution in [0.15, 0.2) is 24.5 Å². The summed E-state index contributed by atoms with van der Waals surface area (Å²) in [6.07, 6.45) is 8.74. The zero-order valence-corrected chi connectivity index (χ0v) is 19.9. The lowest BCUT2D eigenvalue weighted by molar-refractivity contribution is -0.129. The predicted molar refractivity (Wildman–Crippen MR) is 126 cm³/mol. The van der Waals surface area contributed by atoms with Crippen LogP contribution in [0.25, 0.3) is 0 Å². The number of fused-ring (bicyclic) bond motifs is 1. The average Bonchev–Trinajstić information content (AvgIpc) is 3.13. The first kappa shape index (κ1) is 22.9. The van der Waals surface area contributed by atoms with E-state index in [1.165, 1.54) is 16.9 Å². The normalized spacial score (nSPS) is 23.2. The molecule has 2 aromatic rings. The molecule has 2 unspecified atom stereocenters. The number of rotatable bonds is 3. The van der Waals surface area contributed by atoms with Crippen molar-refractivity contribution in [2.24, 2.45) is 5.92 Å². The number of hydrogen-bond acceptors (Lipinski definition) is 6. The third kappa shape index (κ3) is 5.35. The molecule has 2 amide bonds. The summed E-state index contributed by atoms with van der Waals surface area (Å²) >= 11 is 1.46. The number of amides is 2. The van der Waals surface area contributed by atoms with Crippen LogP contribution in [0.5, 0.6) is 0 Å². The highest BCUT2D eigenvalue weighted by atomic mass is 32.1. The number of aromatic nitrogens is 2. The monoisotopic (exact) mass is 455 g/mol. The second-order valence-electron chi connectivity index (χ2n) is 8.89. The van der Waals surface area contributed by atoms with Crippen molar-refractivity contribution in [3.05, 3.63) is 45.7 Å². The van der Waals surface area contributed by atoms with E-state index >= 15 is 0 Å². The Morgan fingerprint density at radius 2 is 1.94 bits per heavy atom. The van der Waals surface area contributed by atoms with Crippen molar-refractivity contribution in [2.75, 3.05) is 26.2 Å². The summed E-state index contributed by atoms with van der Waals surface area (Å²) in [6.45, 7) is 7.44. The minimum absolute atomic E-state index is 0.00621. The molecule has 1 N–H and O–H groups in total. The fraction of sp³-hybridized carbons (Fsp3) is 0.583. The molecule has 2 aliphatic rings. The van der Waals surface area contributed by atoms with Gasteiger partial charge < -0.3 is 10.2 Å². The topological polar surface area (TPSA) is 78.4 Å². The first-order valence-corrected chi connectivity index (χ1v) is 12.5. The zero-order chi connectivity index (χ0) is 22.5. The highest BCUT2D eigenvalue weighted by molar-refractivity contribution is 7.13. The lowest BCUT2D eigenvalue weighted by Gasteiger charge is -2.43. The Balaban J connectivity index is 1.60. The van der Waals surface area contributed by atoms with Gasteiger partial charge in [0.1, 0.15) is 4.88 Å². The van der Waals surface area contributed by atoms with Gasteiger partial charge in [0.05, 0.1) is 16.6 Å². The highest BCUT2D eigenvalue weighted by Crippen LogP contribution is 2.28. The number of thiazole rings is 1. The SMILES string of the molecule is Cc1nc(C)c(C(=O)N2CCC3C(=O)NCCCCCCN(Cc4ccncc4)C3C2)s1. The maximum atomic E-state index is 13.4. The number of nitrogens with zero attached hydrogens (tertiary/aromatic N) is 4. The van der Waals surface area contributed by atoms with Gasteiger partial charge in [-0.15, -0.1) is 11.3 Å². The third-order valence-corrected chi connectivity index (χ3v) is 7.64. The van der Waals surface area contributed by atoms with E-state index in [2.05, 4.69) is 20.2 Å². The molecular weight excluding hydrogens is 422 g/mol. The highest BCUT2D eigenvalue weighted by Gasteiger charge is 2.39. The van der Waals surface area contributed by atoms with Crippen molar-refractivity contribution in [3.8, 4) is 0 Å². The predicted octanol–water partition coefficient (Wildman–Crippen LogP) is 3.18. The number of carbonyl (C=O) groups is 2. The van der Waals surface area contributed by atoms with Crippen LogP contribution < -0.4 is 5.32 Å². The van der Waals surface area contributed by atoms with Crippen molar-refractivity contribution in [3.63, 3.8) is 0 Å². The van der Waals surface area contributed by atoms with Gasteiger partial charge in [0.2, 0.25) is 5.91 Å². The van der Waals surface area contributed by atoms with Crippen molar-refractivity contribution < 1.29 is 9.59 Å². The summed E-state index contributed by atoms with van der Waals surface area (Å²) in [5, 5.41) is 4.08. The summed E-state index contributed by atoms with van der Waals surface area (Å²) in [5.41, 5.74) is 1.99. The molecule has 4 rings (SSSR count). The molecule has 2 atom stereocenters. The smallest absolute Gasteiger partial charge is 0.265 e. The molecule has 8 heteroatoms. The molecule has 0 aliphatic carbocycles. The standard InChI is InChI=1S/C24H33N5O2S/c1-17-22(32-18(2)27-17)24(31)29-14-9-20-21(16-29)28(15-19-7-11-25-12-8-19)13-6-4-3-5-10-26-23(20)30/h7-8,11-12,20-21H,3-6,9-10,13-16H2,1-2H3,(H,26,30). The summed E-state index contributed by atoms with van der Waals surface area (Å²) < 4.78 is 0. The molecule has 172 valence electrons. The van der Waals surface area contributed by atoms with Crippen LogP contribution in [-0.4, -0.2) is 63.8 Å². The molecule has 2 fully saturated rings. The second kappa shape index (κ2) is 10.5. The van der Waals surface area contributed by atoms with Crippen LogP contribution in [0, 0.1) is 19.8 Å². The Morgan fingerprint density at radius 1 is 1.16 bits per heavy atom. The fourth-order valence-electron chi connectivity index (χ4n) is 4.89. The van der Waals surface area contributed by atoms with E-state index in [1.807, 2.05) is 43.3 Å². The van der Waals surface area contributed by atoms with Gasteiger partial charge >= 0.3 is 0 Å². The van der Waals surface area contributed by atoms with E-state index in [4.69, 9.17) is 0 Å². The van der Waals surface area contributed by atoms with Crippen LogP contribution in [-0.2, 0) is 11.3 Å². The molecule has 2 aromatic heterocycles. The van der Waals surface area contributed by atoms with Crippen molar-refractivity contribution in [1.82, 2.24) is 25.1 Å². The molecule has 0 aromatic carbocycles. The van der Waals surface area contributed by atoms with E-state index in [0.29, 0.717) is 19.5 Å². The average molecular weight is 456 g/mol. The van der Waals surface area contributed by atoms with Gasteiger partial charge in [0.15, 0.2) is 0 Å². The number of aryl methyl sites for hydroxylation is 2. The fourth-order valence-corrected chi connectivity index (χ4v) is 5.77. The lowest BCUT2D eigenvalue weighted by Crippen LogP contribution is -2.57. The van der Waals surface area contributed by atoms with Crippen molar-refractivity contribution in [1.29, 1.82) is 0 Å². The van der Waals surface area contributed by atoms with Gasteiger partial charge in [0, 0.05) is 44.6 Å². The van der Waals surface area contributed by atoms with Gasteiger partial charge in [-0.1, -0.05) is 12.8 Å². The summed E-state index contributed by atoms with van der Waals surface area (Å²) in [4.78, 5) is 40.2. The maximum Gasteiger partial charge on any atom is 0.265 e. The number of carbonyl (C=O) groups excluding carboxylic acids is 2. The number of pyridine rings is 1. The molecule has 32 heavy (non-hydrogen) atoms. The van der Waals surface area contributed by atoms with E-state index in [1.54, 1.807) is 0 Å². The number of nitrogens with one attached hydrogen (secondary N) is 1.